The van der Waals surface area contributed by atoms with Crippen molar-refractivity contribution < 1.29 is 0 Å². The van der Waals surface area contributed by atoms with Crippen molar-refractivity contribution >= 4 is 34.5 Å². The van der Waals surface area contributed by atoms with E-state index < -0.39 is 0 Å². The predicted octanol–water partition coefficient (Wildman–Crippen LogP) is 2.34. The highest BCUT2D eigenvalue weighted by Crippen LogP contribution is 2.25. The molecule has 0 aliphatic carbocycles. The Hall–Kier alpha value is -1.59. The molecule has 1 heterocycles. The fourth-order valence-electron chi connectivity index (χ4n) is 1.94. The lowest BCUT2D eigenvalue weighted by molar-refractivity contribution is 0.766. The molecule has 0 unspecified atom stereocenters. The molecule has 0 amide bonds. The van der Waals surface area contributed by atoms with E-state index in [9.17, 15) is 0 Å². The van der Waals surface area contributed by atoms with Crippen LogP contribution in [0, 0.1) is 0 Å². The number of thiocarbonyl (C=S) groups is 1. The molecule has 100 valence electrons. The number of anilines is 1. The first-order valence-electron chi connectivity index (χ1n) is 5.75. The maximum absolute atomic E-state index is 6.05. The zero-order valence-electron chi connectivity index (χ0n) is 10.8. The summed E-state index contributed by atoms with van der Waals surface area (Å²) < 4.78 is 1.77. The third kappa shape index (κ3) is 3.24. The minimum absolute atomic E-state index is 0.365. The number of aromatic nitrogens is 2. The highest BCUT2D eigenvalue weighted by molar-refractivity contribution is 7.80. The summed E-state index contributed by atoms with van der Waals surface area (Å²) in [5, 5.41) is 4.81. The van der Waals surface area contributed by atoms with Crippen LogP contribution < -0.4 is 10.6 Å². The van der Waals surface area contributed by atoms with Crippen LogP contribution in [0.2, 0.25) is 5.02 Å². The minimum Gasteiger partial charge on any atom is -0.389 e. The summed E-state index contributed by atoms with van der Waals surface area (Å²) in [5.41, 5.74) is 8.60. The van der Waals surface area contributed by atoms with Gasteiger partial charge in [0.15, 0.2) is 0 Å². The lowest BCUT2D eigenvalue weighted by Crippen LogP contribution is -2.21. The fraction of sp³-hybridized carbons (Fsp3) is 0.231. The molecule has 2 N–H and O–H groups in total. The summed E-state index contributed by atoms with van der Waals surface area (Å²) in [6.45, 7) is 0.712. The summed E-state index contributed by atoms with van der Waals surface area (Å²) in [7, 11) is 3.86. The SMILES string of the molecule is CN(Cc1cnn(C)c1)c1cc(Cl)ccc1C(N)=S. The second kappa shape index (κ2) is 5.59. The molecule has 0 spiro atoms. The molecule has 1 aromatic heterocycles. The van der Waals surface area contributed by atoms with Gasteiger partial charge in [-0.1, -0.05) is 23.8 Å². The maximum atomic E-state index is 6.05. The Morgan fingerprint density at radius 1 is 1.53 bits per heavy atom. The van der Waals surface area contributed by atoms with Crippen molar-refractivity contribution in [3.05, 3.63) is 46.7 Å². The van der Waals surface area contributed by atoms with Crippen LogP contribution >= 0.6 is 23.8 Å². The van der Waals surface area contributed by atoms with E-state index in [0.29, 0.717) is 16.6 Å². The second-order valence-corrected chi connectivity index (χ2v) is 5.28. The Labute approximate surface area is 122 Å². The van der Waals surface area contributed by atoms with Gasteiger partial charge in [-0.05, 0) is 18.2 Å². The van der Waals surface area contributed by atoms with Crippen molar-refractivity contribution in [1.29, 1.82) is 0 Å². The highest BCUT2D eigenvalue weighted by Gasteiger charge is 2.11. The first kappa shape index (κ1) is 13.8. The van der Waals surface area contributed by atoms with Crippen LogP contribution in [0.15, 0.2) is 30.6 Å². The summed E-state index contributed by atoms with van der Waals surface area (Å²) in [5.74, 6) is 0. The molecule has 0 aliphatic heterocycles. The third-order valence-corrected chi connectivity index (χ3v) is 3.27. The Morgan fingerprint density at radius 2 is 2.26 bits per heavy atom. The standard InChI is InChI=1S/C13H15ClN4S/c1-17(7-9-6-16-18(2)8-9)12-5-10(14)3-4-11(12)13(15)19/h3-6,8H,7H2,1-2H3,(H2,15,19). The van der Waals surface area contributed by atoms with E-state index in [0.717, 1.165) is 16.8 Å². The van der Waals surface area contributed by atoms with Crippen LogP contribution in [0.3, 0.4) is 0 Å². The number of benzene rings is 1. The van der Waals surface area contributed by atoms with E-state index in [-0.39, 0.29) is 0 Å². The van der Waals surface area contributed by atoms with E-state index in [1.807, 2.05) is 38.6 Å². The molecule has 0 saturated carbocycles. The lowest BCUT2D eigenvalue weighted by Gasteiger charge is -2.21. The van der Waals surface area contributed by atoms with Crippen molar-refractivity contribution in [1.82, 2.24) is 9.78 Å². The van der Waals surface area contributed by atoms with Gasteiger partial charge in [0.1, 0.15) is 4.99 Å². The highest BCUT2D eigenvalue weighted by atomic mass is 35.5. The summed E-state index contributed by atoms with van der Waals surface area (Å²) in [6, 6.07) is 5.50. The van der Waals surface area contributed by atoms with Crippen LogP contribution in [0.1, 0.15) is 11.1 Å². The molecule has 2 rings (SSSR count). The smallest absolute Gasteiger partial charge is 0.106 e. The molecule has 0 aliphatic rings. The van der Waals surface area contributed by atoms with Gasteiger partial charge in [-0.25, -0.2) is 0 Å². The van der Waals surface area contributed by atoms with Crippen molar-refractivity contribution in [2.24, 2.45) is 12.8 Å². The molecule has 1 aromatic carbocycles. The van der Waals surface area contributed by atoms with Crippen molar-refractivity contribution in [2.75, 3.05) is 11.9 Å². The first-order chi connectivity index (χ1) is 8.97. The second-order valence-electron chi connectivity index (χ2n) is 4.40. The van der Waals surface area contributed by atoms with Gasteiger partial charge in [0.2, 0.25) is 0 Å². The average Bonchev–Trinajstić information content (AvgIpc) is 2.74. The normalized spacial score (nSPS) is 10.5. The number of nitrogens with two attached hydrogens (primary N) is 1. The summed E-state index contributed by atoms with van der Waals surface area (Å²) >= 11 is 11.1. The monoisotopic (exact) mass is 294 g/mol. The molecule has 0 atom stereocenters. The van der Waals surface area contributed by atoms with Gasteiger partial charge in [-0.15, -0.1) is 0 Å². The molecule has 4 nitrogen and oxygen atoms in total. The summed E-state index contributed by atoms with van der Waals surface area (Å²) in [6.07, 6.45) is 3.81. The van der Waals surface area contributed by atoms with Crippen molar-refractivity contribution in [2.45, 2.75) is 6.54 Å². The maximum Gasteiger partial charge on any atom is 0.106 e. The Balaban J connectivity index is 2.29. The molecule has 6 heteroatoms. The lowest BCUT2D eigenvalue weighted by atomic mass is 10.1. The van der Waals surface area contributed by atoms with Gasteiger partial charge in [0.25, 0.3) is 0 Å². The van der Waals surface area contributed by atoms with E-state index >= 15 is 0 Å². The zero-order chi connectivity index (χ0) is 14.0. The van der Waals surface area contributed by atoms with Gasteiger partial charge < -0.3 is 10.6 Å². The van der Waals surface area contributed by atoms with Crippen molar-refractivity contribution in [3.63, 3.8) is 0 Å². The molecule has 0 bridgehead atoms. The van der Waals surface area contributed by atoms with Crippen LogP contribution in [-0.2, 0) is 13.6 Å². The topological polar surface area (TPSA) is 47.1 Å². The number of rotatable bonds is 4. The third-order valence-electron chi connectivity index (χ3n) is 2.81. The van der Waals surface area contributed by atoms with Gasteiger partial charge in [0.05, 0.1) is 6.20 Å². The van der Waals surface area contributed by atoms with Gasteiger partial charge in [0, 0.05) is 48.7 Å². The van der Waals surface area contributed by atoms with Gasteiger partial charge in [-0.3, -0.25) is 4.68 Å². The van der Waals surface area contributed by atoms with Crippen LogP contribution in [-0.4, -0.2) is 21.8 Å². The van der Waals surface area contributed by atoms with E-state index in [1.165, 1.54) is 0 Å². The molecule has 0 fully saturated rings. The Kier molecular flexibility index (Phi) is 4.07. The Bertz CT molecular complexity index is 608. The Morgan fingerprint density at radius 3 is 2.84 bits per heavy atom. The quantitative estimate of drug-likeness (QED) is 0.879. The predicted molar refractivity (Wildman–Crippen MR) is 82.7 cm³/mol. The van der Waals surface area contributed by atoms with Gasteiger partial charge >= 0.3 is 0 Å². The molecule has 0 saturated heterocycles. The molecule has 2 aromatic rings. The van der Waals surface area contributed by atoms with Crippen molar-refractivity contribution in [3.8, 4) is 0 Å². The molecule has 19 heavy (non-hydrogen) atoms. The zero-order valence-corrected chi connectivity index (χ0v) is 12.4. The molecule has 0 radical (unpaired) electrons. The number of hydrogen-bond donors (Lipinski definition) is 1. The summed E-state index contributed by atoms with van der Waals surface area (Å²) in [4.78, 5) is 2.42. The minimum atomic E-state index is 0.365. The average molecular weight is 295 g/mol. The molecular weight excluding hydrogens is 280 g/mol. The largest absolute Gasteiger partial charge is 0.389 e. The van der Waals surface area contributed by atoms with E-state index in [4.69, 9.17) is 29.6 Å². The van der Waals surface area contributed by atoms with Crippen LogP contribution in [0.4, 0.5) is 5.69 Å². The van der Waals surface area contributed by atoms with Crippen LogP contribution in [0.25, 0.3) is 0 Å². The van der Waals surface area contributed by atoms with E-state index in [1.54, 1.807) is 10.7 Å². The number of hydrogen-bond acceptors (Lipinski definition) is 3. The first-order valence-corrected chi connectivity index (χ1v) is 6.54. The van der Waals surface area contributed by atoms with Gasteiger partial charge in [-0.2, -0.15) is 5.10 Å². The molecular formula is C13H15ClN4S. The fourth-order valence-corrected chi connectivity index (χ4v) is 2.28. The number of halogens is 1. The number of nitrogens with zero attached hydrogens (tertiary/aromatic N) is 3. The van der Waals surface area contributed by atoms with E-state index in [2.05, 4.69) is 10.00 Å². The number of aryl methyl sites for hydroxylation is 1. The van der Waals surface area contributed by atoms with Crippen LogP contribution in [0.5, 0.6) is 0 Å².